The molecular weight excluding hydrogens is 292 g/mol. The van der Waals surface area contributed by atoms with Gasteiger partial charge in [-0.3, -0.25) is 4.79 Å². The predicted molar refractivity (Wildman–Crippen MR) is 81.3 cm³/mol. The number of carbonyl (C=O) groups excluding carboxylic acids is 1. The lowest BCUT2D eigenvalue weighted by atomic mass is 10.1. The summed E-state index contributed by atoms with van der Waals surface area (Å²) < 4.78 is 23.1. The van der Waals surface area contributed by atoms with Crippen LogP contribution in [0.3, 0.4) is 0 Å². The smallest absolute Gasteiger partial charge is 0.226 e. The molecule has 6 nitrogen and oxygen atoms in total. The first-order valence-electron chi connectivity index (χ1n) is 6.81. The second kappa shape index (κ2) is 6.03. The van der Waals surface area contributed by atoms with Crippen molar-refractivity contribution in [2.24, 2.45) is 0 Å². The molecule has 1 saturated heterocycles. The third-order valence-electron chi connectivity index (χ3n) is 3.45. The molecule has 116 valence electrons. The van der Waals surface area contributed by atoms with E-state index in [4.69, 9.17) is 0 Å². The molecule has 1 aromatic carbocycles. The van der Waals surface area contributed by atoms with Gasteiger partial charge in [0.15, 0.2) is 9.84 Å². The van der Waals surface area contributed by atoms with Crippen LogP contribution in [0.1, 0.15) is 17.5 Å². The fourth-order valence-electron chi connectivity index (χ4n) is 2.48. The lowest BCUT2D eigenvalue weighted by Gasteiger charge is -2.23. The summed E-state index contributed by atoms with van der Waals surface area (Å²) in [7, 11) is -3.06. The van der Waals surface area contributed by atoms with Crippen molar-refractivity contribution < 1.29 is 18.3 Å². The van der Waals surface area contributed by atoms with E-state index in [0.717, 1.165) is 5.56 Å². The van der Waals surface area contributed by atoms with E-state index >= 15 is 0 Å². The number of aromatic hydroxyl groups is 1. The maximum absolute atomic E-state index is 12.0. The van der Waals surface area contributed by atoms with Crippen LogP contribution in [-0.2, 0) is 14.6 Å². The Hall–Kier alpha value is -1.60. The molecule has 3 N–H and O–H groups in total. The zero-order valence-corrected chi connectivity index (χ0v) is 13.0. The molecule has 0 bridgehead atoms. The molecule has 1 heterocycles. The third kappa shape index (κ3) is 4.18. The number of sulfone groups is 1. The molecule has 1 aliphatic heterocycles. The highest BCUT2D eigenvalue weighted by Gasteiger charge is 2.26. The fraction of sp³-hybridized carbons (Fsp3) is 0.500. The van der Waals surface area contributed by atoms with Crippen LogP contribution in [0.15, 0.2) is 12.1 Å². The van der Waals surface area contributed by atoms with Gasteiger partial charge in [-0.2, -0.15) is 0 Å². The zero-order valence-electron chi connectivity index (χ0n) is 12.1. The molecule has 1 atom stereocenters. The second-order valence-electron chi connectivity index (χ2n) is 5.50. The van der Waals surface area contributed by atoms with Crippen LogP contribution in [0.4, 0.5) is 5.69 Å². The van der Waals surface area contributed by atoms with Crippen LogP contribution in [-0.4, -0.2) is 43.5 Å². The highest BCUT2D eigenvalue weighted by molar-refractivity contribution is 7.91. The van der Waals surface area contributed by atoms with Crippen LogP contribution in [0.5, 0.6) is 5.75 Å². The number of rotatable bonds is 3. The second-order valence-corrected chi connectivity index (χ2v) is 7.72. The average Bonchev–Trinajstić information content (AvgIpc) is 2.33. The Morgan fingerprint density at radius 3 is 2.81 bits per heavy atom. The SMILES string of the molecule is Cc1cc(C)c(O)c(NC(=O)CC2CS(=O)(=O)CCN2)c1. The number of amides is 1. The monoisotopic (exact) mass is 312 g/mol. The van der Waals surface area contributed by atoms with E-state index in [1.165, 1.54) is 0 Å². The Morgan fingerprint density at radius 2 is 2.14 bits per heavy atom. The van der Waals surface area contributed by atoms with Gasteiger partial charge in [0, 0.05) is 19.0 Å². The first-order valence-corrected chi connectivity index (χ1v) is 8.63. The lowest BCUT2D eigenvalue weighted by Crippen LogP contribution is -2.46. The number of hydrogen-bond acceptors (Lipinski definition) is 5. The van der Waals surface area contributed by atoms with Gasteiger partial charge in [0.1, 0.15) is 5.75 Å². The third-order valence-corrected chi connectivity index (χ3v) is 5.19. The summed E-state index contributed by atoms with van der Waals surface area (Å²) in [5.74, 6) is -0.189. The molecule has 0 aliphatic carbocycles. The Morgan fingerprint density at radius 1 is 1.43 bits per heavy atom. The molecule has 0 saturated carbocycles. The van der Waals surface area contributed by atoms with Gasteiger partial charge in [0.25, 0.3) is 0 Å². The Kier molecular flexibility index (Phi) is 4.53. The van der Waals surface area contributed by atoms with E-state index in [9.17, 15) is 18.3 Å². The minimum Gasteiger partial charge on any atom is -0.505 e. The molecule has 0 aromatic heterocycles. The number of benzene rings is 1. The summed E-state index contributed by atoms with van der Waals surface area (Å²) in [5.41, 5.74) is 1.97. The topological polar surface area (TPSA) is 95.5 Å². The Bertz CT molecular complexity index is 655. The van der Waals surface area contributed by atoms with Gasteiger partial charge in [0.05, 0.1) is 17.2 Å². The van der Waals surface area contributed by atoms with Gasteiger partial charge in [0.2, 0.25) is 5.91 Å². The maximum Gasteiger partial charge on any atom is 0.226 e. The highest BCUT2D eigenvalue weighted by atomic mass is 32.2. The van der Waals surface area contributed by atoms with Crippen LogP contribution in [0.2, 0.25) is 0 Å². The first kappa shape index (κ1) is 15.8. The number of aryl methyl sites for hydroxylation is 2. The molecule has 0 spiro atoms. The summed E-state index contributed by atoms with van der Waals surface area (Å²) in [6.07, 6.45) is 0.0612. The standard InChI is InChI=1S/C14H20N2O4S/c1-9-5-10(2)14(18)12(6-9)16-13(17)7-11-8-21(19,20)4-3-15-11/h5-6,11,15,18H,3-4,7-8H2,1-2H3,(H,16,17). The number of phenols is 1. The normalized spacial score (nSPS) is 21.0. The number of anilines is 1. The van der Waals surface area contributed by atoms with Crippen molar-refractivity contribution in [2.45, 2.75) is 26.3 Å². The van der Waals surface area contributed by atoms with E-state index in [2.05, 4.69) is 10.6 Å². The van der Waals surface area contributed by atoms with Crippen molar-refractivity contribution in [3.63, 3.8) is 0 Å². The van der Waals surface area contributed by atoms with E-state index in [1.54, 1.807) is 13.0 Å². The number of nitrogens with one attached hydrogen (secondary N) is 2. The summed E-state index contributed by atoms with van der Waals surface area (Å²) in [6.45, 7) is 4.00. The number of carbonyl (C=O) groups is 1. The van der Waals surface area contributed by atoms with Gasteiger partial charge in [-0.15, -0.1) is 0 Å². The summed E-state index contributed by atoms with van der Waals surface area (Å²) in [6, 6.07) is 3.13. The molecular formula is C14H20N2O4S. The number of phenolic OH excluding ortho intramolecular Hbond substituents is 1. The van der Waals surface area contributed by atoms with Crippen molar-refractivity contribution >= 4 is 21.4 Å². The van der Waals surface area contributed by atoms with Crippen LogP contribution < -0.4 is 10.6 Å². The van der Waals surface area contributed by atoms with Crippen LogP contribution >= 0.6 is 0 Å². The lowest BCUT2D eigenvalue weighted by molar-refractivity contribution is -0.116. The molecule has 21 heavy (non-hydrogen) atoms. The molecule has 1 unspecified atom stereocenters. The average molecular weight is 312 g/mol. The highest BCUT2D eigenvalue weighted by Crippen LogP contribution is 2.28. The van der Waals surface area contributed by atoms with Crippen LogP contribution in [0, 0.1) is 13.8 Å². The fourth-order valence-corrected chi connectivity index (χ4v) is 3.92. The van der Waals surface area contributed by atoms with Gasteiger partial charge in [-0.05, 0) is 31.0 Å². The van der Waals surface area contributed by atoms with Gasteiger partial charge < -0.3 is 15.7 Å². The van der Waals surface area contributed by atoms with Crippen molar-refractivity contribution in [3.8, 4) is 5.75 Å². The van der Waals surface area contributed by atoms with E-state index in [0.29, 0.717) is 17.8 Å². The molecule has 1 aliphatic rings. The van der Waals surface area contributed by atoms with Crippen molar-refractivity contribution in [1.82, 2.24) is 5.32 Å². The summed E-state index contributed by atoms with van der Waals surface area (Å²) in [4.78, 5) is 12.0. The van der Waals surface area contributed by atoms with Gasteiger partial charge in [-0.25, -0.2) is 8.42 Å². The molecule has 2 rings (SSSR count). The summed E-state index contributed by atoms with van der Waals surface area (Å²) in [5, 5.41) is 15.6. The molecule has 1 amide bonds. The minimum absolute atomic E-state index is 0.0285. The predicted octanol–water partition coefficient (Wildman–Crippen LogP) is 0.724. The first-order chi connectivity index (χ1) is 9.77. The largest absolute Gasteiger partial charge is 0.505 e. The quantitative estimate of drug-likeness (QED) is 0.715. The van der Waals surface area contributed by atoms with E-state index in [-0.39, 0.29) is 35.6 Å². The maximum atomic E-state index is 12.0. The molecule has 7 heteroatoms. The van der Waals surface area contributed by atoms with Crippen LogP contribution in [0.25, 0.3) is 0 Å². The Labute approximate surface area is 124 Å². The molecule has 0 radical (unpaired) electrons. The summed E-state index contributed by atoms with van der Waals surface area (Å²) >= 11 is 0. The van der Waals surface area contributed by atoms with Gasteiger partial charge >= 0.3 is 0 Å². The van der Waals surface area contributed by atoms with Crippen molar-refractivity contribution in [2.75, 3.05) is 23.4 Å². The number of hydrogen-bond donors (Lipinski definition) is 3. The zero-order chi connectivity index (χ0) is 15.6. The van der Waals surface area contributed by atoms with E-state index < -0.39 is 9.84 Å². The molecule has 1 aromatic rings. The molecule has 1 fully saturated rings. The Balaban J connectivity index is 2.02. The minimum atomic E-state index is -3.06. The van der Waals surface area contributed by atoms with E-state index in [1.807, 2.05) is 13.0 Å². The van der Waals surface area contributed by atoms with Crippen molar-refractivity contribution in [1.29, 1.82) is 0 Å². The van der Waals surface area contributed by atoms with Gasteiger partial charge in [-0.1, -0.05) is 6.07 Å². The van der Waals surface area contributed by atoms with Crippen molar-refractivity contribution in [3.05, 3.63) is 23.3 Å².